The second kappa shape index (κ2) is 4.06. The third-order valence-electron chi connectivity index (χ3n) is 4.03. The van der Waals surface area contributed by atoms with Crippen LogP contribution >= 0.6 is 0 Å². The molecule has 2 bridgehead atoms. The predicted molar refractivity (Wildman–Crippen MR) is 73.9 cm³/mol. The number of para-hydroxylation sites is 2. The minimum atomic E-state index is 0.303. The van der Waals surface area contributed by atoms with Gasteiger partial charge in [-0.15, -0.1) is 0 Å². The maximum Gasteiger partial charge on any atom is 0.169 e. The van der Waals surface area contributed by atoms with Crippen molar-refractivity contribution in [1.82, 2.24) is 9.97 Å². The van der Waals surface area contributed by atoms with Crippen molar-refractivity contribution in [2.24, 2.45) is 0 Å². The van der Waals surface area contributed by atoms with Crippen molar-refractivity contribution >= 4 is 22.7 Å². The molecule has 3 unspecified atom stereocenters. The van der Waals surface area contributed by atoms with Crippen LogP contribution in [-0.4, -0.2) is 28.2 Å². The highest BCUT2D eigenvalue weighted by molar-refractivity contribution is 5.79. The van der Waals surface area contributed by atoms with Crippen LogP contribution in [0.15, 0.2) is 24.3 Å². The SMILES string of the molecule is Nc1nc2ccccc2nc1NC1CC2CCC1O2. The van der Waals surface area contributed by atoms with Crippen molar-refractivity contribution in [2.75, 3.05) is 11.1 Å². The Hall–Kier alpha value is -1.88. The number of rotatable bonds is 2. The molecule has 3 heterocycles. The number of hydrogen-bond donors (Lipinski definition) is 2. The molecular formula is C14H16N4O. The fourth-order valence-corrected chi connectivity index (χ4v) is 3.09. The van der Waals surface area contributed by atoms with Gasteiger partial charge < -0.3 is 15.8 Å². The molecule has 98 valence electrons. The van der Waals surface area contributed by atoms with Crippen LogP contribution in [0.1, 0.15) is 19.3 Å². The zero-order valence-electron chi connectivity index (χ0n) is 10.5. The number of nitrogen functional groups attached to an aromatic ring is 1. The van der Waals surface area contributed by atoms with E-state index in [1.54, 1.807) is 0 Å². The molecular weight excluding hydrogens is 240 g/mol. The lowest BCUT2D eigenvalue weighted by molar-refractivity contribution is 0.102. The van der Waals surface area contributed by atoms with Crippen LogP contribution in [0.5, 0.6) is 0 Å². The van der Waals surface area contributed by atoms with Gasteiger partial charge in [0.1, 0.15) is 0 Å². The van der Waals surface area contributed by atoms with Gasteiger partial charge in [-0.25, -0.2) is 9.97 Å². The first-order chi connectivity index (χ1) is 9.29. The van der Waals surface area contributed by atoms with Gasteiger partial charge in [-0.2, -0.15) is 0 Å². The molecule has 4 rings (SSSR count). The van der Waals surface area contributed by atoms with Crippen LogP contribution in [0.3, 0.4) is 0 Å². The molecule has 3 atom stereocenters. The molecule has 3 N–H and O–H groups in total. The highest BCUT2D eigenvalue weighted by Gasteiger charge is 2.41. The monoisotopic (exact) mass is 256 g/mol. The molecule has 1 aromatic heterocycles. The van der Waals surface area contributed by atoms with E-state index in [9.17, 15) is 0 Å². The van der Waals surface area contributed by atoms with Gasteiger partial charge in [-0.05, 0) is 31.4 Å². The molecule has 19 heavy (non-hydrogen) atoms. The predicted octanol–water partition coefficient (Wildman–Crippen LogP) is 1.94. The Morgan fingerprint density at radius 2 is 1.95 bits per heavy atom. The summed E-state index contributed by atoms with van der Waals surface area (Å²) in [6.45, 7) is 0. The molecule has 2 aliphatic heterocycles. The Morgan fingerprint density at radius 1 is 1.16 bits per heavy atom. The summed E-state index contributed by atoms with van der Waals surface area (Å²) in [4.78, 5) is 8.96. The molecule has 2 aliphatic rings. The Balaban J connectivity index is 1.65. The molecule has 0 saturated carbocycles. The molecule has 0 amide bonds. The third kappa shape index (κ3) is 1.81. The number of hydrogen-bond acceptors (Lipinski definition) is 5. The summed E-state index contributed by atoms with van der Waals surface area (Å²) in [5.41, 5.74) is 7.68. The average Bonchev–Trinajstić information content (AvgIpc) is 3.02. The minimum Gasteiger partial charge on any atom is -0.381 e. The molecule has 2 aromatic rings. The van der Waals surface area contributed by atoms with Crippen LogP contribution in [0.25, 0.3) is 11.0 Å². The number of nitrogens with two attached hydrogens (primary N) is 1. The van der Waals surface area contributed by atoms with Crippen molar-refractivity contribution in [3.8, 4) is 0 Å². The smallest absolute Gasteiger partial charge is 0.169 e. The fraction of sp³-hybridized carbons (Fsp3) is 0.429. The van der Waals surface area contributed by atoms with Crippen molar-refractivity contribution in [2.45, 2.75) is 37.5 Å². The summed E-state index contributed by atoms with van der Waals surface area (Å²) in [5, 5.41) is 3.41. The van der Waals surface area contributed by atoms with E-state index in [0.29, 0.717) is 29.9 Å². The Bertz CT molecular complexity index is 630. The Labute approximate surface area is 111 Å². The second-order valence-corrected chi connectivity index (χ2v) is 5.31. The first-order valence-electron chi connectivity index (χ1n) is 6.74. The molecule has 2 fully saturated rings. The van der Waals surface area contributed by atoms with Gasteiger partial charge in [0.25, 0.3) is 0 Å². The Morgan fingerprint density at radius 3 is 2.63 bits per heavy atom. The van der Waals surface area contributed by atoms with E-state index >= 15 is 0 Å². The Kier molecular flexibility index (Phi) is 2.35. The number of aromatic nitrogens is 2. The highest BCUT2D eigenvalue weighted by Crippen LogP contribution is 2.36. The number of nitrogens with one attached hydrogen (secondary N) is 1. The van der Waals surface area contributed by atoms with E-state index in [0.717, 1.165) is 23.9 Å². The average molecular weight is 256 g/mol. The summed E-state index contributed by atoms with van der Waals surface area (Å²) >= 11 is 0. The van der Waals surface area contributed by atoms with Crippen LogP contribution in [-0.2, 0) is 4.74 Å². The number of nitrogens with zero attached hydrogens (tertiary/aromatic N) is 2. The van der Waals surface area contributed by atoms with Crippen molar-refractivity contribution in [1.29, 1.82) is 0 Å². The number of benzene rings is 1. The maximum absolute atomic E-state index is 5.99. The molecule has 0 aliphatic carbocycles. The quantitative estimate of drug-likeness (QED) is 0.859. The van der Waals surface area contributed by atoms with Gasteiger partial charge in [0.05, 0.1) is 29.3 Å². The van der Waals surface area contributed by atoms with Gasteiger partial charge in [0.15, 0.2) is 11.6 Å². The summed E-state index contributed by atoms with van der Waals surface area (Å²) in [6.07, 6.45) is 4.07. The molecule has 5 nitrogen and oxygen atoms in total. The zero-order valence-corrected chi connectivity index (χ0v) is 10.5. The first-order valence-corrected chi connectivity index (χ1v) is 6.74. The van der Waals surface area contributed by atoms with Crippen LogP contribution in [0, 0.1) is 0 Å². The normalized spacial score (nSPS) is 28.9. The van der Waals surface area contributed by atoms with E-state index < -0.39 is 0 Å². The molecule has 0 spiro atoms. The third-order valence-corrected chi connectivity index (χ3v) is 4.03. The number of fused-ring (bicyclic) bond motifs is 3. The lowest BCUT2D eigenvalue weighted by Gasteiger charge is -2.21. The van der Waals surface area contributed by atoms with E-state index in [1.165, 1.54) is 6.42 Å². The molecule has 5 heteroatoms. The van der Waals surface area contributed by atoms with Crippen LogP contribution in [0.2, 0.25) is 0 Å². The van der Waals surface area contributed by atoms with Gasteiger partial charge in [0, 0.05) is 0 Å². The van der Waals surface area contributed by atoms with Crippen LogP contribution in [0.4, 0.5) is 11.6 Å². The van der Waals surface area contributed by atoms with Gasteiger partial charge >= 0.3 is 0 Å². The minimum absolute atomic E-state index is 0.303. The first kappa shape index (κ1) is 11.0. The lowest BCUT2D eigenvalue weighted by Crippen LogP contribution is -2.31. The van der Waals surface area contributed by atoms with Crippen LogP contribution < -0.4 is 11.1 Å². The largest absolute Gasteiger partial charge is 0.381 e. The number of anilines is 2. The zero-order chi connectivity index (χ0) is 12.8. The maximum atomic E-state index is 5.99. The summed E-state index contributed by atoms with van der Waals surface area (Å²) in [7, 11) is 0. The van der Waals surface area contributed by atoms with E-state index in [4.69, 9.17) is 10.5 Å². The summed E-state index contributed by atoms with van der Waals surface area (Å²) in [5.74, 6) is 1.14. The van der Waals surface area contributed by atoms with Gasteiger partial charge in [-0.1, -0.05) is 12.1 Å². The van der Waals surface area contributed by atoms with Crippen molar-refractivity contribution in [3.05, 3.63) is 24.3 Å². The molecule has 0 radical (unpaired) electrons. The lowest BCUT2D eigenvalue weighted by atomic mass is 9.95. The highest BCUT2D eigenvalue weighted by atomic mass is 16.5. The second-order valence-electron chi connectivity index (χ2n) is 5.31. The van der Waals surface area contributed by atoms with Gasteiger partial charge in [-0.3, -0.25) is 0 Å². The topological polar surface area (TPSA) is 73.1 Å². The summed E-state index contributed by atoms with van der Waals surface area (Å²) in [6, 6.07) is 8.08. The standard InChI is InChI=1S/C14H16N4O/c15-13-14(17-10-4-2-1-3-9(10)16-13)18-11-7-8-5-6-12(11)19-8/h1-4,8,11-12H,5-7H2,(H2,15,16)(H,17,18). The van der Waals surface area contributed by atoms with Crippen molar-refractivity contribution < 1.29 is 4.74 Å². The summed E-state index contributed by atoms with van der Waals surface area (Å²) < 4.78 is 5.83. The molecule has 2 saturated heterocycles. The fourth-order valence-electron chi connectivity index (χ4n) is 3.09. The molecule has 1 aromatic carbocycles. The van der Waals surface area contributed by atoms with E-state index in [1.807, 2.05) is 24.3 Å². The van der Waals surface area contributed by atoms with E-state index in [-0.39, 0.29) is 0 Å². The van der Waals surface area contributed by atoms with Crippen molar-refractivity contribution in [3.63, 3.8) is 0 Å². The number of ether oxygens (including phenoxy) is 1. The van der Waals surface area contributed by atoms with Gasteiger partial charge in [0.2, 0.25) is 0 Å². The van der Waals surface area contributed by atoms with E-state index in [2.05, 4.69) is 15.3 Å².